The Balaban J connectivity index is 2.28. The third-order valence-corrected chi connectivity index (χ3v) is 3.42. The summed E-state index contributed by atoms with van der Waals surface area (Å²) < 4.78 is 16.3. The Labute approximate surface area is 107 Å². The molecule has 100 valence electrons. The number of rotatable bonds is 3. The van der Waals surface area contributed by atoms with E-state index in [-0.39, 0.29) is 6.10 Å². The highest BCUT2D eigenvalue weighted by Crippen LogP contribution is 2.33. The lowest BCUT2D eigenvalue weighted by Gasteiger charge is -2.28. The van der Waals surface area contributed by atoms with Gasteiger partial charge in [0.15, 0.2) is 0 Å². The van der Waals surface area contributed by atoms with Crippen LogP contribution in [0.3, 0.4) is 0 Å². The Hall–Kier alpha value is -1.10. The van der Waals surface area contributed by atoms with Crippen LogP contribution in [-0.4, -0.2) is 38.1 Å². The molecule has 1 aliphatic rings. The molecule has 1 fully saturated rings. The van der Waals surface area contributed by atoms with Crippen LogP contribution < -0.4 is 4.74 Å². The molecule has 0 amide bonds. The molecule has 2 rings (SSSR count). The van der Waals surface area contributed by atoms with Gasteiger partial charge in [0.2, 0.25) is 0 Å². The molecule has 0 aromatic heterocycles. The highest BCUT2D eigenvalue weighted by atomic mass is 16.6. The summed E-state index contributed by atoms with van der Waals surface area (Å²) in [5.74, 6) is 0.733. The third kappa shape index (κ3) is 2.51. The molecular weight excluding hydrogens is 232 g/mol. The van der Waals surface area contributed by atoms with Gasteiger partial charge < -0.3 is 19.3 Å². The van der Waals surface area contributed by atoms with Gasteiger partial charge in [-0.25, -0.2) is 0 Å². The molecule has 4 heteroatoms. The summed E-state index contributed by atoms with van der Waals surface area (Å²) in [5.41, 5.74) is 2.95. The highest BCUT2D eigenvalue weighted by Gasteiger charge is 2.27. The van der Waals surface area contributed by atoms with Crippen molar-refractivity contribution in [2.75, 3.05) is 26.9 Å². The molecule has 0 saturated carbocycles. The molecule has 1 aromatic rings. The van der Waals surface area contributed by atoms with Crippen LogP contribution in [0.1, 0.15) is 22.8 Å². The largest absolute Gasteiger partial charge is 0.496 e. The Bertz CT molecular complexity index is 411. The molecule has 4 nitrogen and oxygen atoms in total. The fraction of sp³-hybridized carbons (Fsp3) is 0.571. The average Bonchev–Trinajstić information content (AvgIpc) is 2.42. The summed E-state index contributed by atoms with van der Waals surface area (Å²) >= 11 is 0. The fourth-order valence-electron chi connectivity index (χ4n) is 2.20. The van der Waals surface area contributed by atoms with Crippen molar-refractivity contribution < 1.29 is 19.3 Å². The first kappa shape index (κ1) is 13.3. The zero-order chi connectivity index (χ0) is 13.1. The van der Waals surface area contributed by atoms with Gasteiger partial charge in [-0.3, -0.25) is 0 Å². The second kappa shape index (κ2) is 5.69. The molecule has 1 aromatic carbocycles. The SMILES string of the molecule is COc1c(C(O)C2COCCO2)ccc(C)c1C. The molecule has 0 spiro atoms. The number of hydrogen-bond donors (Lipinski definition) is 1. The number of hydrogen-bond acceptors (Lipinski definition) is 4. The Morgan fingerprint density at radius 3 is 2.72 bits per heavy atom. The van der Waals surface area contributed by atoms with Gasteiger partial charge >= 0.3 is 0 Å². The molecule has 18 heavy (non-hydrogen) atoms. The lowest BCUT2D eigenvalue weighted by Crippen LogP contribution is -2.34. The summed E-state index contributed by atoms with van der Waals surface area (Å²) in [6.45, 7) is 5.54. The minimum atomic E-state index is -0.723. The predicted octanol–water partition coefficient (Wildman–Crippen LogP) is 1.76. The summed E-state index contributed by atoms with van der Waals surface area (Å²) in [7, 11) is 1.62. The lowest BCUT2D eigenvalue weighted by atomic mass is 9.97. The van der Waals surface area contributed by atoms with E-state index in [0.29, 0.717) is 19.8 Å². The topological polar surface area (TPSA) is 47.9 Å². The number of aliphatic hydroxyl groups excluding tert-OH is 1. The van der Waals surface area contributed by atoms with Gasteiger partial charge in [-0.15, -0.1) is 0 Å². The quantitative estimate of drug-likeness (QED) is 0.890. The van der Waals surface area contributed by atoms with E-state index >= 15 is 0 Å². The van der Waals surface area contributed by atoms with Gasteiger partial charge in [0.25, 0.3) is 0 Å². The summed E-state index contributed by atoms with van der Waals surface area (Å²) in [6, 6.07) is 3.88. The first-order chi connectivity index (χ1) is 8.65. The summed E-state index contributed by atoms with van der Waals surface area (Å²) in [5, 5.41) is 10.4. The van der Waals surface area contributed by atoms with Crippen molar-refractivity contribution in [3.63, 3.8) is 0 Å². The van der Waals surface area contributed by atoms with Gasteiger partial charge in [0.1, 0.15) is 18.0 Å². The fourth-order valence-corrected chi connectivity index (χ4v) is 2.20. The maximum atomic E-state index is 10.4. The number of benzene rings is 1. The molecule has 0 bridgehead atoms. The first-order valence-corrected chi connectivity index (χ1v) is 6.16. The average molecular weight is 252 g/mol. The molecular formula is C14H20O4. The van der Waals surface area contributed by atoms with Crippen LogP contribution in [0.25, 0.3) is 0 Å². The van der Waals surface area contributed by atoms with Crippen LogP contribution in [0.15, 0.2) is 12.1 Å². The van der Waals surface area contributed by atoms with E-state index in [1.807, 2.05) is 26.0 Å². The van der Waals surface area contributed by atoms with Crippen molar-refractivity contribution in [3.05, 3.63) is 28.8 Å². The van der Waals surface area contributed by atoms with Gasteiger partial charge in [0, 0.05) is 5.56 Å². The monoisotopic (exact) mass is 252 g/mol. The predicted molar refractivity (Wildman–Crippen MR) is 68.0 cm³/mol. The maximum absolute atomic E-state index is 10.4. The summed E-state index contributed by atoms with van der Waals surface area (Å²) in [4.78, 5) is 0. The third-order valence-electron chi connectivity index (χ3n) is 3.42. The molecule has 1 aliphatic heterocycles. The van der Waals surface area contributed by atoms with Crippen molar-refractivity contribution in [3.8, 4) is 5.75 Å². The minimum Gasteiger partial charge on any atom is -0.496 e. The number of methoxy groups -OCH3 is 1. The molecule has 2 atom stereocenters. The minimum absolute atomic E-state index is 0.324. The summed E-state index contributed by atoms with van der Waals surface area (Å²) in [6.07, 6.45) is -1.05. The first-order valence-electron chi connectivity index (χ1n) is 6.16. The molecule has 0 aliphatic carbocycles. The van der Waals surface area contributed by atoms with Crippen molar-refractivity contribution in [1.29, 1.82) is 0 Å². The standard InChI is InChI=1S/C14H20O4/c1-9-4-5-11(14(16-3)10(9)2)13(15)12-8-17-6-7-18-12/h4-5,12-13,15H,6-8H2,1-3H3. The number of ether oxygens (including phenoxy) is 3. The molecule has 0 radical (unpaired) electrons. The van der Waals surface area contributed by atoms with Crippen LogP contribution in [0.4, 0.5) is 0 Å². The van der Waals surface area contributed by atoms with Crippen molar-refractivity contribution in [2.24, 2.45) is 0 Å². The van der Waals surface area contributed by atoms with Gasteiger partial charge in [-0.2, -0.15) is 0 Å². The van der Waals surface area contributed by atoms with Crippen molar-refractivity contribution in [1.82, 2.24) is 0 Å². The van der Waals surface area contributed by atoms with Crippen LogP contribution >= 0.6 is 0 Å². The van der Waals surface area contributed by atoms with Crippen LogP contribution in [0, 0.1) is 13.8 Å². The van der Waals surface area contributed by atoms with E-state index < -0.39 is 6.10 Å². The Morgan fingerprint density at radius 1 is 1.33 bits per heavy atom. The lowest BCUT2D eigenvalue weighted by molar-refractivity contribution is -0.133. The van der Waals surface area contributed by atoms with E-state index in [2.05, 4.69) is 0 Å². The number of aliphatic hydroxyl groups is 1. The second-order valence-corrected chi connectivity index (χ2v) is 4.56. The Morgan fingerprint density at radius 2 is 2.11 bits per heavy atom. The normalized spacial score (nSPS) is 21.7. The van der Waals surface area contributed by atoms with Gasteiger partial charge in [-0.1, -0.05) is 12.1 Å². The zero-order valence-corrected chi connectivity index (χ0v) is 11.1. The molecule has 1 N–H and O–H groups in total. The van der Waals surface area contributed by atoms with Crippen LogP contribution in [0.2, 0.25) is 0 Å². The van der Waals surface area contributed by atoms with E-state index in [4.69, 9.17) is 14.2 Å². The smallest absolute Gasteiger partial charge is 0.127 e. The van der Waals surface area contributed by atoms with E-state index in [9.17, 15) is 5.11 Å². The Kier molecular flexibility index (Phi) is 4.22. The molecule has 2 unspecified atom stereocenters. The van der Waals surface area contributed by atoms with E-state index in [1.54, 1.807) is 7.11 Å². The molecule has 1 saturated heterocycles. The van der Waals surface area contributed by atoms with Crippen LogP contribution in [0.5, 0.6) is 5.75 Å². The highest BCUT2D eigenvalue weighted by molar-refractivity contribution is 5.46. The van der Waals surface area contributed by atoms with Crippen molar-refractivity contribution >= 4 is 0 Å². The van der Waals surface area contributed by atoms with Crippen molar-refractivity contribution in [2.45, 2.75) is 26.1 Å². The molecule has 1 heterocycles. The number of aryl methyl sites for hydroxylation is 1. The zero-order valence-electron chi connectivity index (χ0n) is 11.1. The second-order valence-electron chi connectivity index (χ2n) is 4.56. The van der Waals surface area contributed by atoms with Crippen LogP contribution in [-0.2, 0) is 9.47 Å². The van der Waals surface area contributed by atoms with E-state index in [0.717, 1.165) is 22.4 Å². The van der Waals surface area contributed by atoms with Gasteiger partial charge in [0.05, 0.1) is 26.9 Å². The maximum Gasteiger partial charge on any atom is 0.127 e. The van der Waals surface area contributed by atoms with Gasteiger partial charge in [-0.05, 0) is 25.0 Å². The van der Waals surface area contributed by atoms with E-state index in [1.165, 1.54) is 0 Å².